The van der Waals surface area contributed by atoms with Gasteiger partial charge >= 0.3 is 5.69 Å². The van der Waals surface area contributed by atoms with Gasteiger partial charge in [0.2, 0.25) is 5.95 Å². The van der Waals surface area contributed by atoms with Gasteiger partial charge in [-0.25, -0.2) is 14.4 Å². The van der Waals surface area contributed by atoms with Crippen molar-refractivity contribution in [3.63, 3.8) is 0 Å². The standard InChI is InChI=1S/C18H15FN4O3/c19-17-4-2-1-3-14(17)12-26-16-7-5-13(6-8-16)9-20-18-21-10-15(11-22-18)23(24)25/h1-8,10-11H,9,12H2,(H,20,21,22). The number of hydrogen-bond donors (Lipinski definition) is 1. The van der Waals surface area contributed by atoms with E-state index in [1.807, 2.05) is 12.1 Å². The van der Waals surface area contributed by atoms with E-state index in [-0.39, 0.29) is 18.1 Å². The molecule has 0 aliphatic carbocycles. The average molecular weight is 354 g/mol. The number of benzene rings is 2. The summed E-state index contributed by atoms with van der Waals surface area (Å²) < 4.78 is 19.1. The number of nitrogens with one attached hydrogen (secondary N) is 1. The summed E-state index contributed by atoms with van der Waals surface area (Å²) in [6.45, 7) is 0.603. The number of nitro groups is 1. The summed E-state index contributed by atoms with van der Waals surface area (Å²) in [5, 5.41) is 13.5. The molecule has 0 atom stereocenters. The summed E-state index contributed by atoms with van der Waals surface area (Å²) in [6, 6.07) is 13.8. The van der Waals surface area contributed by atoms with Gasteiger partial charge in [-0.3, -0.25) is 10.1 Å². The van der Waals surface area contributed by atoms with Gasteiger partial charge in [0.15, 0.2) is 0 Å². The zero-order chi connectivity index (χ0) is 18.4. The van der Waals surface area contributed by atoms with E-state index in [1.165, 1.54) is 6.07 Å². The third-order valence-electron chi connectivity index (χ3n) is 3.58. The van der Waals surface area contributed by atoms with Crippen LogP contribution in [0.3, 0.4) is 0 Å². The molecule has 0 bridgehead atoms. The highest BCUT2D eigenvalue weighted by molar-refractivity contribution is 5.34. The molecule has 7 nitrogen and oxygen atoms in total. The molecule has 1 aromatic heterocycles. The fraction of sp³-hybridized carbons (Fsp3) is 0.111. The molecule has 0 saturated carbocycles. The van der Waals surface area contributed by atoms with E-state index in [0.717, 1.165) is 18.0 Å². The second-order valence-corrected chi connectivity index (χ2v) is 5.40. The molecule has 0 amide bonds. The van der Waals surface area contributed by atoms with Crippen LogP contribution in [0.25, 0.3) is 0 Å². The number of rotatable bonds is 7. The molecule has 0 radical (unpaired) electrons. The van der Waals surface area contributed by atoms with Crippen LogP contribution in [0, 0.1) is 15.9 Å². The van der Waals surface area contributed by atoms with Gasteiger partial charge in [-0.05, 0) is 23.8 Å². The molecule has 26 heavy (non-hydrogen) atoms. The molecular formula is C18H15FN4O3. The molecule has 1 heterocycles. The molecular weight excluding hydrogens is 339 g/mol. The fourth-order valence-corrected chi connectivity index (χ4v) is 2.17. The van der Waals surface area contributed by atoms with Crippen molar-refractivity contribution in [1.82, 2.24) is 9.97 Å². The van der Waals surface area contributed by atoms with Crippen LogP contribution in [0.15, 0.2) is 60.9 Å². The van der Waals surface area contributed by atoms with Crippen molar-refractivity contribution in [3.8, 4) is 5.75 Å². The van der Waals surface area contributed by atoms with E-state index in [1.54, 1.807) is 30.3 Å². The molecule has 0 saturated heterocycles. The summed E-state index contributed by atoms with van der Waals surface area (Å²) in [6.07, 6.45) is 2.30. The van der Waals surface area contributed by atoms with Gasteiger partial charge in [-0.2, -0.15) is 0 Å². The number of hydrogen-bond acceptors (Lipinski definition) is 6. The Morgan fingerprint density at radius 3 is 2.42 bits per heavy atom. The maximum Gasteiger partial charge on any atom is 0.305 e. The Morgan fingerprint density at radius 1 is 1.08 bits per heavy atom. The summed E-state index contributed by atoms with van der Waals surface area (Å²) in [5.74, 6) is 0.635. The minimum Gasteiger partial charge on any atom is -0.489 e. The van der Waals surface area contributed by atoms with Crippen molar-refractivity contribution >= 4 is 11.6 Å². The van der Waals surface area contributed by atoms with E-state index in [4.69, 9.17) is 4.74 Å². The Bertz CT molecular complexity index is 886. The first-order valence-electron chi connectivity index (χ1n) is 7.77. The van der Waals surface area contributed by atoms with E-state index in [9.17, 15) is 14.5 Å². The van der Waals surface area contributed by atoms with Gasteiger partial charge in [0, 0.05) is 12.1 Å². The highest BCUT2D eigenvalue weighted by atomic mass is 19.1. The minimum atomic E-state index is -0.552. The number of halogens is 1. The molecule has 2 aromatic carbocycles. The van der Waals surface area contributed by atoms with Gasteiger partial charge in [0.1, 0.15) is 30.6 Å². The summed E-state index contributed by atoms with van der Waals surface area (Å²) in [5.41, 5.74) is 1.28. The second-order valence-electron chi connectivity index (χ2n) is 5.40. The van der Waals surface area contributed by atoms with Crippen molar-refractivity contribution in [1.29, 1.82) is 0 Å². The van der Waals surface area contributed by atoms with E-state index < -0.39 is 4.92 Å². The lowest BCUT2D eigenvalue weighted by Gasteiger charge is -2.08. The molecule has 132 valence electrons. The SMILES string of the molecule is O=[N+]([O-])c1cnc(NCc2ccc(OCc3ccccc3F)cc2)nc1. The zero-order valence-electron chi connectivity index (χ0n) is 13.6. The summed E-state index contributed by atoms with van der Waals surface area (Å²) in [4.78, 5) is 17.8. The van der Waals surface area contributed by atoms with Crippen LogP contribution in [0.4, 0.5) is 16.0 Å². The first kappa shape index (κ1) is 17.3. The van der Waals surface area contributed by atoms with Crippen LogP contribution in [-0.4, -0.2) is 14.9 Å². The maximum absolute atomic E-state index is 13.5. The maximum atomic E-state index is 13.5. The van der Waals surface area contributed by atoms with Crippen molar-refractivity contribution in [3.05, 3.63) is 88.0 Å². The number of anilines is 1. The number of aromatic nitrogens is 2. The molecule has 0 fully saturated rings. The molecule has 1 N–H and O–H groups in total. The fourth-order valence-electron chi connectivity index (χ4n) is 2.17. The Morgan fingerprint density at radius 2 is 1.77 bits per heavy atom. The molecule has 3 rings (SSSR count). The Balaban J connectivity index is 1.52. The van der Waals surface area contributed by atoms with Crippen LogP contribution in [-0.2, 0) is 13.2 Å². The van der Waals surface area contributed by atoms with E-state index in [2.05, 4.69) is 15.3 Å². The van der Waals surface area contributed by atoms with Gasteiger partial charge in [0.25, 0.3) is 0 Å². The monoisotopic (exact) mass is 354 g/mol. The average Bonchev–Trinajstić information content (AvgIpc) is 2.67. The van der Waals surface area contributed by atoms with Crippen LogP contribution in [0.2, 0.25) is 0 Å². The number of nitrogens with zero attached hydrogens (tertiary/aromatic N) is 3. The molecule has 0 unspecified atom stereocenters. The second kappa shape index (κ2) is 8.02. The smallest absolute Gasteiger partial charge is 0.305 e. The third kappa shape index (κ3) is 4.50. The Hall–Kier alpha value is -3.55. The van der Waals surface area contributed by atoms with Crippen molar-refractivity contribution in [2.24, 2.45) is 0 Å². The first-order valence-corrected chi connectivity index (χ1v) is 7.77. The van der Waals surface area contributed by atoms with Gasteiger partial charge < -0.3 is 10.1 Å². The number of ether oxygens (including phenoxy) is 1. The minimum absolute atomic E-state index is 0.154. The highest BCUT2D eigenvalue weighted by Gasteiger charge is 2.06. The quantitative estimate of drug-likeness (QED) is 0.514. The van der Waals surface area contributed by atoms with Crippen molar-refractivity contribution in [2.75, 3.05) is 5.32 Å². The molecule has 0 aliphatic rings. The topological polar surface area (TPSA) is 90.2 Å². The largest absolute Gasteiger partial charge is 0.489 e. The lowest BCUT2D eigenvalue weighted by atomic mass is 10.2. The van der Waals surface area contributed by atoms with Crippen LogP contribution in [0.5, 0.6) is 5.75 Å². The van der Waals surface area contributed by atoms with Gasteiger partial charge in [0.05, 0.1) is 4.92 Å². The lowest BCUT2D eigenvalue weighted by molar-refractivity contribution is -0.385. The van der Waals surface area contributed by atoms with Crippen molar-refractivity contribution < 1.29 is 14.1 Å². The zero-order valence-corrected chi connectivity index (χ0v) is 13.6. The van der Waals surface area contributed by atoms with E-state index >= 15 is 0 Å². The lowest BCUT2D eigenvalue weighted by Crippen LogP contribution is -2.04. The third-order valence-corrected chi connectivity index (χ3v) is 3.58. The van der Waals surface area contributed by atoms with Crippen LogP contribution < -0.4 is 10.1 Å². The predicted octanol–water partition coefficient (Wildman–Crippen LogP) is 3.72. The summed E-state index contributed by atoms with van der Waals surface area (Å²) >= 11 is 0. The normalized spacial score (nSPS) is 10.3. The predicted molar refractivity (Wildman–Crippen MR) is 93.2 cm³/mol. The molecule has 0 spiro atoms. The van der Waals surface area contributed by atoms with Crippen molar-refractivity contribution in [2.45, 2.75) is 13.2 Å². The molecule has 3 aromatic rings. The first-order chi connectivity index (χ1) is 12.6. The molecule has 8 heteroatoms. The molecule has 0 aliphatic heterocycles. The van der Waals surface area contributed by atoms with Crippen LogP contribution >= 0.6 is 0 Å². The van der Waals surface area contributed by atoms with Gasteiger partial charge in [-0.15, -0.1) is 0 Å². The van der Waals surface area contributed by atoms with Gasteiger partial charge in [-0.1, -0.05) is 30.3 Å². The summed E-state index contributed by atoms with van der Waals surface area (Å²) in [7, 11) is 0. The Kier molecular flexibility index (Phi) is 5.33. The highest BCUT2D eigenvalue weighted by Crippen LogP contribution is 2.16. The van der Waals surface area contributed by atoms with E-state index in [0.29, 0.717) is 23.8 Å². The Labute approximate surface area is 148 Å². The van der Waals surface area contributed by atoms with Crippen LogP contribution in [0.1, 0.15) is 11.1 Å².